The van der Waals surface area contributed by atoms with E-state index in [4.69, 9.17) is 33.3 Å². The van der Waals surface area contributed by atoms with Crippen LogP contribution < -0.4 is 20.2 Å². The molecule has 0 amide bonds. The third-order valence-electron chi connectivity index (χ3n) is 3.49. The minimum Gasteiger partial charge on any atom is -0.490 e. The molecule has 0 saturated heterocycles. The molecule has 2 aromatic rings. The summed E-state index contributed by atoms with van der Waals surface area (Å²) < 4.78 is 25.3. The number of thiocarbonyl (C=S) groups is 1. The number of nitrogens with zero attached hydrogens (tertiary/aromatic N) is 1. The first-order chi connectivity index (χ1) is 13.5. The number of halogens is 2. The van der Waals surface area contributed by atoms with Gasteiger partial charge in [0, 0.05) is 12.1 Å². The van der Waals surface area contributed by atoms with Crippen molar-refractivity contribution >= 4 is 35.1 Å². The van der Waals surface area contributed by atoms with E-state index < -0.39 is 5.82 Å². The Hall–Kier alpha value is -2.64. The van der Waals surface area contributed by atoms with Crippen LogP contribution in [0.1, 0.15) is 18.1 Å². The minimum absolute atomic E-state index is 0.0101. The quantitative estimate of drug-likeness (QED) is 0.271. The molecular formula is C20H21ClFN3O2S. The molecular weight excluding hydrogens is 401 g/mol. The zero-order valence-corrected chi connectivity index (χ0v) is 16.9. The van der Waals surface area contributed by atoms with Crippen LogP contribution in [-0.4, -0.2) is 24.5 Å². The van der Waals surface area contributed by atoms with Crippen molar-refractivity contribution in [1.82, 2.24) is 10.7 Å². The maximum atomic E-state index is 13.9. The highest BCUT2D eigenvalue weighted by Gasteiger charge is 2.11. The maximum absolute atomic E-state index is 13.9. The molecule has 0 spiro atoms. The summed E-state index contributed by atoms with van der Waals surface area (Å²) in [7, 11) is 0. The van der Waals surface area contributed by atoms with Gasteiger partial charge in [0.2, 0.25) is 0 Å². The van der Waals surface area contributed by atoms with Crippen LogP contribution in [0.25, 0.3) is 0 Å². The number of ether oxygens (including phenoxy) is 2. The SMILES string of the molecule is C=CCNC(=S)N/N=C\c1ccc(OCc2c(F)cccc2Cl)c(OCC)c1. The Bertz CT molecular complexity index is 841. The monoisotopic (exact) mass is 421 g/mol. The van der Waals surface area contributed by atoms with Gasteiger partial charge in [-0.1, -0.05) is 23.7 Å². The number of nitrogens with one attached hydrogen (secondary N) is 2. The lowest BCUT2D eigenvalue weighted by Gasteiger charge is -2.13. The molecule has 0 saturated carbocycles. The van der Waals surface area contributed by atoms with Crippen molar-refractivity contribution < 1.29 is 13.9 Å². The molecule has 2 N–H and O–H groups in total. The second-order valence-electron chi connectivity index (χ2n) is 5.50. The second kappa shape index (κ2) is 11.3. The topological polar surface area (TPSA) is 54.9 Å². The standard InChI is InChI=1S/C20H21ClFN3O2S/c1-3-10-23-20(28)25-24-12-14-8-9-18(19(11-14)26-4-2)27-13-15-16(21)6-5-7-17(15)22/h3,5-9,11-12H,1,4,10,13H2,2H3,(H2,23,25,28)/b24-12-. The number of rotatable bonds is 9. The Balaban J connectivity index is 2.07. The zero-order chi connectivity index (χ0) is 20.4. The number of hydrogen-bond donors (Lipinski definition) is 2. The summed E-state index contributed by atoms with van der Waals surface area (Å²) in [6, 6.07) is 9.81. The van der Waals surface area contributed by atoms with E-state index in [9.17, 15) is 4.39 Å². The smallest absolute Gasteiger partial charge is 0.187 e. The lowest BCUT2D eigenvalue weighted by atomic mass is 10.2. The van der Waals surface area contributed by atoms with Crippen molar-refractivity contribution in [2.24, 2.45) is 5.10 Å². The summed E-state index contributed by atoms with van der Waals surface area (Å²) >= 11 is 11.1. The molecule has 5 nitrogen and oxygen atoms in total. The van der Waals surface area contributed by atoms with Crippen LogP contribution in [-0.2, 0) is 6.61 Å². The van der Waals surface area contributed by atoms with Gasteiger partial charge >= 0.3 is 0 Å². The highest BCUT2D eigenvalue weighted by atomic mass is 35.5. The molecule has 0 bridgehead atoms. The highest BCUT2D eigenvalue weighted by Crippen LogP contribution is 2.30. The lowest BCUT2D eigenvalue weighted by Crippen LogP contribution is -2.31. The fourth-order valence-corrected chi connectivity index (χ4v) is 2.54. The molecule has 8 heteroatoms. The number of hydrazone groups is 1. The first-order valence-electron chi connectivity index (χ1n) is 8.55. The van der Waals surface area contributed by atoms with Gasteiger partial charge in [-0.2, -0.15) is 5.10 Å². The zero-order valence-electron chi connectivity index (χ0n) is 15.4. The molecule has 0 fully saturated rings. The first kappa shape index (κ1) is 21.7. The molecule has 0 aromatic heterocycles. The molecule has 0 unspecified atom stereocenters. The summed E-state index contributed by atoms with van der Waals surface area (Å²) in [5.74, 6) is 0.585. The van der Waals surface area contributed by atoms with Crippen LogP contribution in [0.2, 0.25) is 5.02 Å². The summed E-state index contributed by atoms with van der Waals surface area (Å²) in [6.45, 7) is 6.45. The molecule has 0 aliphatic carbocycles. The van der Waals surface area contributed by atoms with Crippen LogP contribution in [0.3, 0.4) is 0 Å². The molecule has 0 aliphatic heterocycles. The second-order valence-corrected chi connectivity index (χ2v) is 6.31. The van der Waals surface area contributed by atoms with E-state index in [1.54, 1.807) is 42.6 Å². The Kier molecular flexibility index (Phi) is 8.71. The Labute approximate surface area is 174 Å². The molecule has 2 aromatic carbocycles. The summed E-state index contributed by atoms with van der Waals surface area (Å²) in [6.07, 6.45) is 3.29. The molecule has 2 rings (SSSR count). The molecule has 0 radical (unpaired) electrons. The van der Waals surface area contributed by atoms with Crippen LogP contribution in [0.5, 0.6) is 11.5 Å². The van der Waals surface area contributed by atoms with Gasteiger partial charge in [-0.15, -0.1) is 6.58 Å². The van der Waals surface area contributed by atoms with Gasteiger partial charge in [0.05, 0.1) is 17.8 Å². The average molecular weight is 422 g/mol. The predicted octanol–water partition coefficient (Wildman–Crippen LogP) is 4.44. The van der Waals surface area contributed by atoms with Crippen LogP contribution in [0.15, 0.2) is 54.2 Å². The van der Waals surface area contributed by atoms with E-state index in [1.165, 1.54) is 6.07 Å². The Morgan fingerprint density at radius 3 is 2.82 bits per heavy atom. The number of benzene rings is 2. The van der Waals surface area contributed by atoms with E-state index in [0.29, 0.717) is 40.3 Å². The Morgan fingerprint density at radius 2 is 2.11 bits per heavy atom. The Morgan fingerprint density at radius 1 is 1.29 bits per heavy atom. The lowest BCUT2D eigenvalue weighted by molar-refractivity contribution is 0.266. The predicted molar refractivity (Wildman–Crippen MR) is 115 cm³/mol. The maximum Gasteiger partial charge on any atom is 0.187 e. The van der Waals surface area contributed by atoms with Gasteiger partial charge in [0.1, 0.15) is 12.4 Å². The van der Waals surface area contributed by atoms with Crippen LogP contribution in [0.4, 0.5) is 4.39 Å². The van der Waals surface area contributed by atoms with Crippen molar-refractivity contribution in [1.29, 1.82) is 0 Å². The van der Waals surface area contributed by atoms with E-state index in [-0.39, 0.29) is 6.61 Å². The van der Waals surface area contributed by atoms with Gasteiger partial charge in [-0.25, -0.2) is 4.39 Å². The van der Waals surface area contributed by atoms with Crippen LogP contribution >= 0.6 is 23.8 Å². The van der Waals surface area contributed by atoms with E-state index in [0.717, 1.165) is 5.56 Å². The van der Waals surface area contributed by atoms with Crippen LogP contribution in [0, 0.1) is 5.82 Å². The van der Waals surface area contributed by atoms with Gasteiger partial charge in [-0.3, -0.25) is 5.43 Å². The largest absolute Gasteiger partial charge is 0.490 e. The molecule has 0 atom stereocenters. The van der Waals surface area contributed by atoms with Crippen molar-refractivity contribution in [2.75, 3.05) is 13.2 Å². The molecule has 148 valence electrons. The minimum atomic E-state index is -0.415. The third-order valence-corrected chi connectivity index (χ3v) is 4.08. The highest BCUT2D eigenvalue weighted by molar-refractivity contribution is 7.80. The van der Waals surface area contributed by atoms with Crippen molar-refractivity contribution in [3.05, 3.63) is 71.0 Å². The number of hydrogen-bond acceptors (Lipinski definition) is 4. The molecule has 0 heterocycles. The van der Waals surface area contributed by atoms with Gasteiger partial charge in [0.15, 0.2) is 16.6 Å². The average Bonchev–Trinajstić information content (AvgIpc) is 2.67. The van der Waals surface area contributed by atoms with E-state index in [1.807, 2.05) is 6.92 Å². The summed E-state index contributed by atoms with van der Waals surface area (Å²) in [5.41, 5.74) is 3.77. The van der Waals surface area contributed by atoms with Crippen molar-refractivity contribution in [2.45, 2.75) is 13.5 Å². The van der Waals surface area contributed by atoms with Gasteiger partial charge in [-0.05, 0) is 55.0 Å². The van der Waals surface area contributed by atoms with Crippen molar-refractivity contribution in [3.8, 4) is 11.5 Å². The van der Waals surface area contributed by atoms with E-state index >= 15 is 0 Å². The fourth-order valence-electron chi connectivity index (χ4n) is 2.18. The normalized spacial score (nSPS) is 10.5. The summed E-state index contributed by atoms with van der Waals surface area (Å²) in [4.78, 5) is 0. The fraction of sp³-hybridized carbons (Fsp3) is 0.200. The van der Waals surface area contributed by atoms with Gasteiger partial charge in [0.25, 0.3) is 0 Å². The van der Waals surface area contributed by atoms with E-state index in [2.05, 4.69) is 22.4 Å². The first-order valence-corrected chi connectivity index (χ1v) is 9.34. The van der Waals surface area contributed by atoms with Crippen molar-refractivity contribution in [3.63, 3.8) is 0 Å². The molecule has 0 aliphatic rings. The summed E-state index contributed by atoms with van der Waals surface area (Å²) in [5, 5.41) is 7.67. The third kappa shape index (κ3) is 6.51. The molecule has 28 heavy (non-hydrogen) atoms. The van der Waals surface area contributed by atoms with Gasteiger partial charge < -0.3 is 14.8 Å².